The second-order valence-electron chi connectivity index (χ2n) is 8.04. The van der Waals surface area contributed by atoms with Crippen molar-refractivity contribution in [2.75, 3.05) is 18.4 Å². The molecule has 0 radical (unpaired) electrons. The van der Waals surface area contributed by atoms with Crippen LogP contribution in [-0.4, -0.2) is 54.4 Å². The number of carbonyl (C=O) groups is 3. The van der Waals surface area contributed by atoms with Gasteiger partial charge in [0.25, 0.3) is 5.91 Å². The Bertz CT molecular complexity index is 1140. The molecular formula is C22H28N4O5S. The molecule has 1 aromatic heterocycles. The van der Waals surface area contributed by atoms with Gasteiger partial charge in [-0.25, -0.2) is 8.42 Å². The summed E-state index contributed by atoms with van der Waals surface area (Å²) in [5.41, 5.74) is 2.70. The number of carbonyl (C=O) groups excluding carboxylic acids is 3. The van der Waals surface area contributed by atoms with Gasteiger partial charge in [-0.05, 0) is 63.4 Å². The molecular weight excluding hydrogens is 432 g/mol. The number of rotatable bonds is 6. The molecule has 172 valence electrons. The lowest BCUT2D eigenvalue weighted by Crippen LogP contribution is -2.46. The number of aromatic nitrogens is 1. The van der Waals surface area contributed by atoms with E-state index in [0.29, 0.717) is 41.0 Å². The number of aromatic amines is 1. The average Bonchev–Trinajstić information content (AvgIpc) is 3.02. The van der Waals surface area contributed by atoms with Gasteiger partial charge in [-0.2, -0.15) is 4.31 Å². The van der Waals surface area contributed by atoms with E-state index in [4.69, 9.17) is 0 Å². The zero-order valence-electron chi connectivity index (χ0n) is 18.6. The van der Waals surface area contributed by atoms with Gasteiger partial charge < -0.3 is 15.6 Å². The van der Waals surface area contributed by atoms with Crippen LogP contribution in [0.3, 0.4) is 0 Å². The van der Waals surface area contributed by atoms with E-state index in [1.807, 2.05) is 0 Å². The zero-order valence-corrected chi connectivity index (χ0v) is 19.4. The quantitative estimate of drug-likeness (QED) is 0.570. The minimum absolute atomic E-state index is 0.0982. The molecule has 2 aromatic rings. The van der Waals surface area contributed by atoms with E-state index in [0.717, 1.165) is 0 Å². The first-order chi connectivity index (χ1) is 15.0. The highest BCUT2D eigenvalue weighted by Crippen LogP contribution is 2.23. The minimum atomic E-state index is -3.67. The van der Waals surface area contributed by atoms with E-state index in [1.54, 1.807) is 26.0 Å². The molecule has 10 heteroatoms. The molecule has 2 amide bonds. The van der Waals surface area contributed by atoms with Crippen LogP contribution in [0.25, 0.3) is 0 Å². The van der Waals surface area contributed by atoms with Gasteiger partial charge in [-0.1, -0.05) is 0 Å². The summed E-state index contributed by atoms with van der Waals surface area (Å²) in [4.78, 5) is 38.8. The molecule has 1 aliphatic rings. The number of aryl methyl sites for hydroxylation is 1. The number of H-pyrrole nitrogens is 1. The largest absolute Gasteiger partial charge is 0.354 e. The number of benzene rings is 1. The highest BCUT2D eigenvalue weighted by Gasteiger charge is 2.31. The number of Topliss-reactive ketones (excluding diaryl/α,β-unsaturated/α-hetero) is 1. The Labute approximate surface area is 187 Å². The van der Waals surface area contributed by atoms with E-state index in [2.05, 4.69) is 15.6 Å². The highest BCUT2D eigenvalue weighted by molar-refractivity contribution is 7.89. The summed E-state index contributed by atoms with van der Waals surface area (Å²) in [5, 5.41) is 5.56. The van der Waals surface area contributed by atoms with Gasteiger partial charge in [0.05, 0.1) is 4.90 Å². The molecule has 2 heterocycles. The normalized spacial score (nSPS) is 15.4. The molecule has 1 aliphatic heterocycles. The molecule has 0 bridgehead atoms. The second kappa shape index (κ2) is 9.25. The molecule has 0 aliphatic carbocycles. The van der Waals surface area contributed by atoms with Crippen molar-refractivity contribution >= 4 is 33.3 Å². The maximum absolute atomic E-state index is 12.9. The smallest absolute Gasteiger partial charge is 0.268 e. The molecule has 1 fully saturated rings. The number of ketones is 1. The van der Waals surface area contributed by atoms with Crippen LogP contribution in [0.1, 0.15) is 58.8 Å². The predicted octanol–water partition coefficient (Wildman–Crippen LogP) is 2.38. The number of hydrogen-bond donors (Lipinski definition) is 3. The Morgan fingerprint density at radius 1 is 1.03 bits per heavy atom. The molecule has 9 nitrogen and oxygen atoms in total. The van der Waals surface area contributed by atoms with Crippen molar-refractivity contribution in [3.05, 3.63) is 46.8 Å². The van der Waals surface area contributed by atoms with Gasteiger partial charge in [0, 0.05) is 43.0 Å². The van der Waals surface area contributed by atoms with Crippen molar-refractivity contribution in [3.63, 3.8) is 0 Å². The molecule has 3 N–H and O–H groups in total. The molecule has 0 atom stereocenters. The summed E-state index contributed by atoms with van der Waals surface area (Å²) in [6, 6.07) is 5.88. The van der Waals surface area contributed by atoms with E-state index in [9.17, 15) is 22.8 Å². The summed E-state index contributed by atoms with van der Waals surface area (Å²) < 4.78 is 27.3. The number of piperidine rings is 1. The van der Waals surface area contributed by atoms with E-state index in [-0.39, 0.29) is 41.6 Å². The first-order valence-electron chi connectivity index (χ1n) is 10.4. The second-order valence-corrected chi connectivity index (χ2v) is 9.98. The van der Waals surface area contributed by atoms with Crippen LogP contribution >= 0.6 is 0 Å². The predicted molar refractivity (Wildman–Crippen MR) is 120 cm³/mol. The molecule has 1 saturated heterocycles. The number of nitrogens with one attached hydrogen (secondary N) is 3. The summed E-state index contributed by atoms with van der Waals surface area (Å²) in [7, 11) is -3.67. The molecule has 3 rings (SSSR count). The van der Waals surface area contributed by atoms with Crippen LogP contribution < -0.4 is 10.6 Å². The van der Waals surface area contributed by atoms with Crippen molar-refractivity contribution in [3.8, 4) is 0 Å². The topological polar surface area (TPSA) is 128 Å². The summed E-state index contributed by atoms with van der Waals surface area (Å²) in [5.74, 6) is -0.626. The highest BCUT2D eigenvalue weighted by atomic mass is 32.2. The lowest BCUT2D eigenvalue weighted by Gasteiger charge is -2.31. The number of hydrogen-bond acceptors (Lipinski definition) is 5. The minimum Gasteiger partial charge on any atom is -0.354 e. The first-order valence-corrected chi connectivity index (χ1v) is 11.8. The van der Waals surface area contributed by atoms with Crippen LogP contribution in [0, 0.1) is 13.8 Å². The molecule has 0 unspecified atom stereocenters. The van der Waals surface area contributed by atoms with Gasteiger partial charge in [0.15, 0.2) is 5.78 Å². The molecule has 1 aromatic carbocycles. The van der Waals surface area contributed by atoms with Gasteiger partial charge in [-0.15, -0.1) is 0 Å². The molecule has 32 heavy (non-hydrogen) atoms. The van der Waals surface area contributed by atoms with Crippen LogP contribution in [0.2, 0.25) is 0 Å². The van der Waals surface area contributed by atoms with Gasteiger partial charge >= 0.3 is 0 Å². The van der Waals surface area contributed by atoms with Crippen molar-refractivity contribution in [1.82, 2.24) is 14.6 Å². The van der Waals surface area contributed by atoms with Crippen LogP contribution in [0.4, 0.5) is 5.69 Å². The Morgan fingerprint density at radius 2 is 1.62 bits per heavy atom. The third-order valence-electron chi connectivity index (χ3n) is 5.62. The monoisotopic (exact) mass is 460 g/mol. The number of sulfonamides is 1. The van der Waals surface area contributed by atoms with Crippen LogP contribution in [0.5, 0.6) is 0 Å². The summed E-state index contributed by atoms with van der Waals surface area (Å²) in [6.45, 7) is 6.90. The van der Waals surface area contributed by atoms with Crippen molar-refractivity contribution in [1.29, 1.82) is 0 Å². The number of anilines is 1. The molecule has 0 saturated carbocycles. The van der Waals surface area contributed by atoms with Crippen LogP contribution in [-0.2, 0) is 14.8 Å². The maximum Gasteiger partial charge on any atom is 0.268 e. The zero-order chi connectivity index (χ0) is 23.6. The van der Waals surface area contributed by atoms with Gasteiger partial charge in [0.1, 0.15) is 5.69 Å². The summed E-state index contributed by atoms with van der Waals surface area (Å²) in [6.07, 6.45) is 0.959. The number of nitrogens with zero attached hydrogens (tertiary/aromatic N) is 1. The standard InChI is InChI=1S/C22H28N4O5S/c1-13-20(15(3)27)14(2)23-21(13)22(29)25-18-9-11-26(12-10-18)32(30,31)19-7-5-17(6-8-19)24-16(4)28/h5-8,18,23H,9-12H2,1-4H3,(H,24,28)(H,25,29). The Morgan fingerprint density at radius 3 is 2.12 bits per heavy atom. The van der Waals surface area contributed by atoms with Crippen molar-refractivity contribution < 1.29 is 22.8 Å². The lowest BCUT2D eigenvalue weighted by molar-refractivity contribution is -0.114. The Hall–Kier alpha value is -2.98. The molecule has 0 spiro atoms. The van der Waals surface area contributed by atoms with Crippen LogP contribution in [0.15, 0.2) is 29.2 Å². The Balaban J connectivity index is 1.62. The lowest BCUT2D eigenvalue weighted by atomic mass is 10.0. The third kappa shape index (κ3) is 4.91. The fraction of sp³-hybridized carbons (Fsp3) is 0.409. The SMILES string of the molecule is CC(=O)Nc1ccc(S(=O)(=O)N2CCC(NC(=O)c3[nH]c(C)c(C(C)=O)c3C)CC2)cc1. The summed E-state index contributed by atoms with van der Waals surface area (Å²) >= 11 is 0. The third-order valence-corrected chi connectivity index (χ3v) is 7.53. The van der Waals surface area contributed by atoms with E-state index in [1.165, 1.54) is 30.3 Å². The van der Waals surface area contributed by atoms with Gasteiger partial charge in [0.2, 0.25) is 15.9 Å². The number of amides is 2. The first kappa shape index (κ1) is 23.7. The maximum atomic E-state index is 12.9. The fourth-order valence-electron chi connectivity index (χ4n) is 4.07. The fourth-order valence-corrected chi connectivity index (χ4v) is 5.54. The van der Waals surface area contributed by atoms with Crippen molar-refractivity contribution in [2.24, 2.45) is 0 Å². The van der Waals surface area contributed by atoms with Gasteiger partial charge in [-0.3, -0.25) is 14.4 Å². The average molecular weight is 461 g/mol. The van der Waals surface area contributed by atoms with E-state index < -0.39 is 10.0 Å². The van der Waals surface area contributed by atoms with E-state index >= 15 is 0 Å². The van der Waals surface area contributed by atoms with Crippen molar-refractivity contribution in [2.45, 2.75) is 51.5 Å². The Kier molecular flexibility index (Phi) is 6.85.